The average Bonchev–Trinajstić information content (AvgIpc) is 2.86. The van der Waals surface area contributed by atoms with Gasteiger partial charge in [-0.05, 0) is 67.6 Å². The Morgan fingerprint density at radius 3 is 2.48 bits per heavy atom. The van der Waals surface area contributed by atoms with Crippen LogP contribution in [0.2, 0.25) is 0 Å². The van der Waals surface area contributed by atoms with E-state index in [4.69, 9.17) is 0 Å². The van der Waals surface area contributed by atoms with Gasteiger partial charge in [-0.15, -0.1) is 11.8 Å². The number of carbonyl (C=O) groups is 2. The smallest absolute Gasteiger partial charge is 0.255 e. The summed E-state index contributed by atoms with van der Waals surface area (Å²) in [5, 5.41) is 2.96. The fourth-order valence-electron chi connectivity index (χ4n) is 2.07. The monoisotopic (exact) mass is 418 g/mol. The van der Waals surface area contributed by atoms with Crippen LogP contribution in [0.1, 0.15) is 31.1 Å². The Labute approximate surface area is 143 Å². The Kier molecular flexibility index (Phi) is 5.19. The number of amides is 2. The third-order valence-electron chi connectivity index (χ3n) is 3.04. The SMILES string of the molecule is CC(C)(C)NC(=O)C1CSCN1C(=O)c1ccc(I)cc1. The molecule has 2 amide bonds. The van der Waals surface area contributed by atoms with Crippen molar-refractivity contribution < 1.29 is 9.59 Å². The normalized spacial score (nSPS) is 18.7. The van der Waals surface area contributed by atoms with Crippen LogP contribution >= 0.6 is 34.4 Å². The highest BCUT2D eigenvalue weighted by molar-refractivity contribution is 14.1. The second-order valence-electron chi connectivity index (χ2n) is 6.04. The number of nitrogens with one attached hydrogen (secondary N) is 1. The molecule has 0 aromatic heterocycles. The molecule has 21 heavy (non-hydrogen) atoms. The number of rotatable bonds is 2. The molecule has 1 unspecified atom stereocenters. The molecule has 0 radical (unpaired) electrons. The second kappa shape index (κ2) is 6.56. The van der Waals surface area contributed by atoms with Crippen molar-refractivity contribution in [1.29, 1.82) is 0 Å². The molecule has 1 aromatic carbocycles. The van der Waals surface area contributed by atoms with Crippen molar-refractivity contribution >= 4 is 46.2 Å². The van der Waals surface area contributed by atoms with Crippen molar-refractivity contribution in [1.82, 2.24) is 10.2 Å². The van der Waals surface area contributed by atoms with E-state index in [0.29, 0.717) is 17.2 Å². The van der Waals surface area contributed by atoms with Gasteiger partial charge in [0.1, 0.15) is 6.04 Å². The molecule has 0 saturated carbocycles. The molecule has 2 rings (SSSR count). The molecule has 6 heteroatoms. The maximum atomic E-state index is 12.6. The molecule has 114 valence electrons. The third-order valence-corrected chi connectivity index (χ3v) is 4.77. The van der Waals surface area contributed by atoms with E-state index >= 15 is 0 Å². The standard InChI is InChI=1S/C15H19IN2O2S/c1-15(2,3)17-13(19)12-8-21-9-18(12)14(20)10-4-6-11(16)7-5-10/h4-7,12H,8-9H2,1-3H3,(H,17,19). The Morgan fingerprint density at radius 2 is 1.90 bits per heavy atom. The quantitative estimate of drug-likeness (QED) is 0.752. The zero-order chi connectivity index (χ0) is 15.6. The fourth-order valence-corrected chi connectivity index (χ4v) is 3.58. The molecule has 1 fully saturated rings. The summed E-state index contributed by atoms with van der Waals surface area (Å²) in [5.74, 6) is 1.06. The van der Waals surface area contributed by atoms with Gasteiger partial charge >= 0.3 is 0 Å². The van der Waals surface area contributed by atoms with Crippen LogP contribution in [-0.2, 0) is 4.79 Å². The van der Waals surface area contributed by atoms with Gasteiger partial charge in [-0.3, -0.25) is 9.59 Å². The average molecular weight is 418 g/mol. The Bertz CT molecular complexity index is 540. The second-order valence-corrected chi connectivity index (χ2v) is 8.28. The zero-order valence-corrected chi connectivity index (χ0v) is 15.3. The molecule has 1 aromatic rings. The van der Waals surface area contributed by atoms with E-state index < -0.39 is 0 Å². The predicted octanol–water partition coefficient (Wildman–Crippen LogP) is 2.72. The lowest BCUT2D eigenvalue weighted by molar-refractivity contribution is -0.125. The molecular formula is C15H19IN2O2S. The number of benzene rings is 1. The summed E-state index contributed by atoms with van der Waals surface area (Å²) in [4.78, 5) is 26.6. The lowest BCUT2D eigenvalue weighted by atomic mass is 10.1. The first-order chi connectivity index (χ1) is 9.78. The van der Waals surface area contributed by atoms with E-state index in [-0.39, 0.29) is 23.4 Å². The highest BCUT2D eigenvalue weighted by Crippen LogP contribution is 2.24. The molecule has 1 aliphatic rings. The van der Waals surface area contributed by atoms with Gasteiger partial charge in [0.15, 0.2) is 0 Å². The number of halogens is 1. The summed E-state index contributed by atoms with van der Waals surface area (Å²) in [7, 11) is 0. The topological polar surface area (TPSA) is 49.4 Å². The molecule has 1 saturated heterocycles. The van der Waals surface area contributed by atoms with Crippen LogP contribution in [0.5, 0.6) is 0 Å². The Morgan fingerprint density at radius 1 is 1.29 bits per heavy atom. The maximum absolute atomic E-state index is 12.6. The number of thioether (sulfide) groups is 1. The van der Waals surface area contributed by atoms with Crippen molar-refractivity contribution in [2.45, 2.75) is 32.4 Å². The first-order valence-electron chi connectivity index (χ1n) is 6.74. The molecule has 4 nitrogen and oxygen atoms in total. The lowest BCUT2D eigenvalue weighted by Gasteiger charge is -2.27. The van der Waals surface area contributed by atoms with Crippen molar-refractivity contribution in [2.75, 3.05) is 11.6 Å². The number of carbonyl (C=O) groups excluding carboxylic acids is 2. The molecule has 1 heterocycles. The molecule has 1 N–H and O–H groups in total. The molecular weight excluding hydrogens is 399 g/mol. The van der Waals surface area contributed by atoms with Gasteiger partial charge in [0.05, 0.1) is 5.88 Å². The van der Waals surface area contributed by atoms with Crippen LogP contribution in [0.15, 0.2) is 24.3 Å². The van der Waals surface area contributed by atoms with E-state index in [1.54, 1.807) is 16.7 Å². The number of hydrogen-bond acceptors (Lipinski definition) is 3. The highest BCUT2D eigenvalue weighted by atomic mass is 127. The van der Waals surface area contributed by atoms with Crippen LogP contribution in [0.25, 0.3) is 0 Å². The highest BCUT2D eigenvalue weighted by Gasteiger charge is 2.36. The van der Waals surface area contributed by atoms with Gasteiger partial charge in [-0.2, -0.15) is 0 Å². The zero-order valence-electron chi connectivity index (χ0n) is 12.4. The Balaban J connectivity index is 2.13. The first kappa shape index (κ1) is 16.6. The predicted molar refractivity (Wildman–Crippen MR) is 94.3 cm³/mol. The summed E-state index contributed by atoms with van der Waals surface area (Å²) >= 11 is 3.82. The van der Waals surface area contributed by atoms with Gasteiger partial charge in [0, 0.05) is 20.4 Å². The van der Waals surface area contributed by atoms with E-state index in [1.807, 2.05) is 45.0 Å². The van der Waals surface area contributed by atoms with E-state index in [2.05, 4.69) is 27.9 Å². The van der Waals surface area contributed by atoms with Crippen LogP contribution < -0.4 is 5.32 Å². The number of nitrogens with zero attached hydrogens (tertiary/aromatic N) is 1. The van der Waals surface area contributed by atoms with E-state index in [9.17, 15) is 9.59 Å². The van der Waals surface area contributed by atoms with Gasteiger partial charge in [0.25, 0.3) is 5.91 Å². The van der Waals surface area contributed by atoms with Gasteiger partial charge < -0.3 is 10.2 Å². The molecule has 1 aliphatic heterocycles. The van der Waals surface area contributed by atoms with Gasteiger partial charge in [-0.1, -0.05) is 0 Å². The first-order valence-corrected chi connectivity index (χ1v) is 8.97. The lowest BCUT2D eigenvalue weighted by Crippen LogP contribution is -2.52. The third kappa shape index (κ3) is 4.35. The fraction of sp³-hybridized carbons (Fsp3) is 0.467. The largest absolute Gasteiger partial charge is 0.350 e. The molecule has 0 aliphatic carbocycles. The summed E-state index contributed by atoms with van der Waals surface area (Å²) in [6.07, 6.45) is 0. The minimum Gasteiger partial charge on any atom is -0.350 e. The van der Waals surface area contributed by atoms with Crippen LogP contribution in [0.3, 0.4) is 0 Å². The summed E-state index contributed by atoms with van der Waals surface area (Å²) < 4.78 is 1.09. The maximum Gasteiger partial charge on any atom is 0.255 e. The van der Waals surface area contributed by atoms with Crippen LogP contribution in [0.4, 0.5) is 0 Å². The Hall–Kier alpha value is -0.760. The minimum absolute atomic E-state index is 0.0774. The van der Waals surface area contributed by atoms with E-state index in [0.717, 1.165) is 3.57 Å². The summed E-state index contributed by atoms with van der Waals surface area (Å²) in [6.45, 7) is 5.83. The number of hydrogen-bond donors (Lipinski definition) is 1. The summed E-state index contributed by atoms with van der Waals surface area (Å²) in [6, 6.07) is 7.04. The van der Waals surface area contributed by atoms with Crippen LogP contribution in [0, 0.1) is 3.57 Å². The molecule has 0 bridgehead atoms. The molecule has 1 atom stereocenters. The molecule has 0 spiro atoms. The van der Waals surface area contributed by atoms with Crippen molar-refractivity contribution in [3.63, 3.8) is 0 Å². The van der Waals surface area contributed by atoms with Crippen molar-refractivity contribution in [2.24, 2.45) is 0 Å². The van der Waals surface area contributed by atoms with Crippen LogP contribution in [-0.4, -0.2) is 39.9 Å². The van der Waals surface area contributed by atoms with Gasteiger partial charge in [-0.25, -0.2) is 0 Å². The minimum atomic E-state index is -0.388. The van der Waals surface area contributed by atoms with Crippen molar-refractivity contribution in [3.8, 4) is 0 Å². The van der Waals surface area contributed by atoms with Crippen molar-refractivity contribution in [3.05, 3.63) is 33.4 Å². The van der Waals surface area contributed by atoms with E-state index in [1.165, 1.54) is 0 Å². The van der Waals surface area contributed by atoms with Gasteiger partial charge in [0.2, 0.25) is 5.91 Å². The summed E-state index contributed by atoms with van der Waals surface area (Å²) in [5.41, 5.74) is 0.341.